The molecule has 0 saturated heterocycles. The molecule has 152 valence electrons. The molecule has 0 saturated carbocycles. The fourth-order valence-electron chi connectivity index (χ4n) is 2.71. The van der Waals surface area contributed by atoms with Crippen molar-refractivity contribution in [2.24, 2.45) is 0 Å². The van der Waals surface area contributed by atoms with Gasteiger partial charge in [-0.3, -0.25) is 4.79 Å². The lowest BCUT2D eigenvalue weighted by Gasteiger charge is -2.21. The van der Waals surface area contributed by atoms with Crippen molar-refractivity contribution in [1.29, 1.82) is 0 Å². The van der Waals surface area contributed by atoms with Crippen LogP contribution in [0.15, 0.2) is 46.9 Å². The van der Waals surface area contributed by atoms with Crippen molar-refractivity contribution in [1.82, 2.24) is 10.6 Å². The van der Waals surface area contributed by atoms with Crippen LogP contribution in [-0.2, 0) is 11.3 Å². The summed E-state index contributed by atoms with van der Waals surface area (Å²) in [7, 11) is 1.59. The minimum absolute atomic E-state index is 0.0668. The number of carbonyl (C=O) groups is 1. The Morgan fingerprint density at radius 1 is 1.14 bits per heavy atom. The van der Waals surface area contributed by atoms with Crippen molar-refractivity contribution < 1.29 is 14.3 Å². The quantitative estimate of drug-likeness (QED) is 0.619. The normalized spacial score (nSPS) is 12.4. The van der Waals surface area contributed by atoms with Crippen molar-refractivity contribution in [3.05, 3.63) is 58.1 Å². The van der Waals surface area contributed by atoms with Crippen LogP contribution in [0.5, 0.6) is 11.5 Å². The summed E-state index contributed by atoms with van der Waals surface area (Å²) < 4.78 is 12.0. The van der Waals surface area contributed by atoms with Gasteiger partial charge in [-0.1, -0.05) is 46.3 Å². The van der Waals surface area contributed by atoms with Gasteiger partial charge in [0.15, 0.2) is 18.1 Å². The van der Waals surface area contributed by atoms with E-state index in [1.165, 1.54) is 5.56 Å². The lowest BCUT2D eigenvalue weighted by atomic mass is 10.1. The van der Waals surface area contributed by atoms with Crippen molar-refractivity contribution in [2.45, 2.75) is 45.8 Å². The van der Waals surface area contributed by atoms with Gasteiger partial charge in [0.1, 0.15) is 0 Å². The molecule has 0 aliphatic carbocycles. The number of amides is 1. The zero-order valence-corrected chi connectivity index (χ0v) is 18.7. The highest BCUT2D eigenvalue weighted by molar-refractivity contribution is 9.10. The molecular formula is C22H29BrN2O3. The van der Waals surface area contributed by atoms with Gasteiger partial charge < -0.3 is 20.1 Å². The minimum atomic E-state index is -0.296. The maximum absolute atomic E-state index is 12.0. The second-order valence-electron chi connectivity index (χ2n) is 7.69. The molecule has 2 N–H and O–H groups in total. The van der Waals surface area contributed by atoms with E-state index >= 15 is 0 Å². The van der Waals surface area contributed by atoms with Crippen LogP contribution in [0.1, 0.15) is 44.9 Å². The fourth-order valence-corrected chi connectivity index (χ4v) is 3.17. The molecule has 1 unspecified atom stereocenters. The Balaban J connectivity index is 2.03. The van der Waals surface area contributed by atoms with Crippen molar-refractivity contribution in [3.8, 4) is 11.5 Å². The second-order valence-corrected chi connectivity index (χ2v) is 8.55. The smallest absolute Gasteiger partial charge is 0.258 e. The second kappa shape index (κ2) is 9.94. The lowest BCUT2D eigenvalue weighted by Crippen LogP contribution is -2.43. The molecule has 0 aliphatic heterocycles. The molecular weight excluding hydrogens is 420 g/mol. The Hall–Kier alpha value is -2.05. The zero-order valence-electron chi connectivity index (χ0n) is 17.1. The molecule has 0 aromatic heterocycles. The van der Waals surface area contributed by atoms with Crippen molar-refractivity contribution >= 4 is 21.8 Å². The molecule has 1 atom stereocenters. The van der Waals surface area contributed by atoms with Crippen molar-refractivity contribution in [2.75, 3.05) is 13.7 Å². The van der Waals surface area contributed by atoms with Gasteiger partial charge in [-0.2, -0.15) is 0 Å². The summed E-state index contributed by atoms with van der Waals surface area (Å²) in [6.45, 7) is 8.52. The summed E-state index contributed by atoms with van der Waals surface area (Å²) in [5, 5.41) is 6.39. The van der Waals surface area contributed by atoms with E-state index < -0.39 is 0 Å². The highest BCUT2D eigenvalue weighted by Gasteiger charge is 2.16. The summed E-state index contributed by atoms with van der Waals surface area (Å²) >= 11 is 3.60. The van der Waals surface area contributed by atoms with Gasteiger partial charge in [-0.05, 0) is 51.0 Å². The molecule has 0 heterocycles. The Bertz CT molecular complexity index is 788. The van der Waals surface area contributed by atoms with E-state index in [9.17, 15) is 4.79 Å². The summed E-state index contributed by atoms with van der Waals surface area (Å²) in [5.41, 5.74) is 1.98. The Kier molecular flexibility index (Phi) is 7.89. The third-order valence-electron chi connectivity index (χ3n) is 4.10. The average molecular weight is 449 g/mol. The summed E-state index contributed by atoms with van der Waals surface area (Å²) in [6.07, 6.45) is 0. The number of rotatable bonds is 8. The molecule has 2 aromatic carbocycles. The van der Waals surface area contributed by atoms with E-state index in [0.717, 1.165) is 10.0 Å². The van der Waals surface area contributed by atoms with Crippen LogP contribution in [0.3, 0.4) is 0 Å². The van der Waals surface area contributed by atoms with E-state index in [4.69, 9.17) is 9.47 Å². The first-order valence-electron chi connectivity index (χ1n) is 9.28. The number of ether oxygens (including phenoxy) is 2. The van der Waals surface area contributed by atoms with Gasteiger partial charge in [-0.25, -0.2) is 0 Å². The van der Waals surface area contributed by atoms with Gasteiger partial charge >= 0.3 is 0 Å². The maximum Gasteiger partial charge on any atom is 0.258 e. The van der Waals surface area contributed by atoms with E-state index in [1.807, 2.05) is 51.1 Å². The first-order valence-corrected chi connectivity index (χ1v) is 10.1. The summed E-state index contributed by atoms with van der Waals surface area (Å²) in [5.74, 6) is 0.947. The van der Waals surface area contributed by atoms with E-state index in [1.54, 1.807) is 7.11 Å². The molecule has 0 bridgehead atoms. The Morgan fingerprint density at radius 3 is 2.43 bits per heavy atom. The summed E-state index contributed by atoms with van der Waals surface area (Å²) in [4.78, 5) is 12.0. The topological polar surface area (TPSA) is 59.6 Å². The average Bonchev–Trinajstić information content (AvgIpc) is 2.64. The third-order valence-corrected chi connectivity index (χ3v) is 4.84. The molecule has 0 fully saturated rings. The lowest BCUT2D eigenvalue weighted by molar-refractivity contribution is -0.124. The molecule has 6 heteroatoms. The van der Waals surface area contributed by atoms with Crippen LogP contribution >= 0.6 is 15.9 Å². The van der Waals surface area contributed by atoms with E-state index in [2.05, 4.69) is 45.6 Å². The predicted octanol–water partition coefficient (Wildman–Crippen LogP) is 4.60. The Morgan fingerprint density at radius 2 is 1.82 bits per heavy atom. The molecule has 0 radical (unpaired) electrons. The number of methoxy groups -OCH3 is 1. The molecule has 0 aliphatic rings. The highest BCUT2D eigenvalue weighted by atomic mass is 79.9. The number of nitrogens with one attached hydrogen (secondary N) is 2. The van der Waals surface area contributed by atoms with Gasteiger partial charge in [0.2, 0.25) is 0 Å². The molecule has 0 spiro atoms. The number of halogens is 1. The zero-order chi connectivity index (χ0) is 20.7. The minimum Gasteiger partial charge on any atom is -0.493 e. The fraction of sp³-hybridized carbons (Fsp3) is 0.409. The van der Waals surface area contributed by atoms with Crippen LogP contribution in [0, 0.1) is 0 Å². The SMILES string of the molecule is COc1cc(CNC(C)c2ccccc2)c(Br)cc1OCC(=O)NC(C)(C)C. The standard InChI is InChI=1S/C22H29BrN2O3/c1-15(16-9-7-6-8-10-16)24-13-17-11-19(27-5)20(12-18(17)23)28-14-21(26)25-22(2,3)4/h6-12,15,24H,13-14H2,1-5H3,(H,25,26). The third kappa shape index (κ3) is 6.84. The molecule has 1 amide bonds. The van der Waals surface area contributed by atoms with Crippen LogP contribution in [0.2, 0.25) is 0 Å². The van der Waals surface area contributed by atoms with Gasteiger partial charge in [-0.15, -0.1) is 0 Å². The van der Waals surface area contributed by atoms with Crippen LogP contribution in [0.25, 0.3) is 0 Å². The Labute approximate surface area is 175 Å². The number of hydrogen-bond donors (Lipinski definition) is 2. The van der Waals surface area contributed by atoms with Gasteiger partial charge in [0.05, 0.1) is 7.11 Å². The maximum atomic E-state index is 12.0. The predicted molar refractivity (Wildman–Crippen MR) is 116 cm³/mol. The van der Waals surface area contributed by atoms with Crippen LogP contribution in [-0.4, -0.2) is 25.2 Å². The molecule has 2 rings (SSSR count). The molecule has 2 aromatic rings. The van der Waals surface area contributed by atoms with Crippen LogP contribution in [0.4, 0.5) is 0 Å². The van der Waals surface area contributed by atoms with Crippen LogP contribution < -0.4 is 20.1 Å². The monoisotopic (exact) mass is 448 g/mol. The highest BCUT2D eigenvalue weighted by Crippen LogP contribution is 2.34. The number of hydrogen-bond acceptors (Lipinski definition) is 4. The van der Waals surface area contributed by atoms with Crippen molar-refractivity contribution in [3.63, 3.8) is 0 Å². The van der Waals surface area contributed by atoms with E-state index in [-0.39, 0.29) is 24.1 Å². The van der Waals surface area contributed by atoms with E-state index in [0.29, 0.717) is 18.0 Å². The number of carbonyl (C=O) groups excluding carboxylic acids is 1. The molecule has 5 nitrogen and oxygen atoms in total. The van der Waals surface area contributed by atoms with Gasteiger partial charge in [0.25, 0.3) is 5.91 Å². The first kappa shape index (κ1) is 22.2. The largest absolute Gasteiger partial charge is 0.493 e. The summed E-state index contributed by atoms with van der Waals surface area (Å²) in [6, 6.07) is 14.3. The first-order chi connectivity index (χ1) is 13.2. The number of benzene rings is 2. The molecule has 28 heavy (non-hydrogen) atoms. The van der Waals surface area contributed by atoms with Gasteiger partial charge in [0, 0.05) is 22.6 Å².